The van der Waals surface area contributed by atoms with Gasteiger partial charge in [0.2, 0.25) is 5.60 Å². The fourth-order valence-electron chi connectivity index (χ4n) is 4.06. The Balaban J connectivity index is 1.55. The van der Waals surface area contributed by atoms with Gasteiger partial charge in [0, 0.05) is 43.8 Å². The van der Waals surface area contributed by atoms with Crippen LogP contribution in [0.4, 0.5) is 0 Å². The first-order valence-corrected chi connectivity index (χ1v) is 10.3. The molecule has 1 aliphatic heterocycles. The first-order valence-electron chi connectivity index (χ1n) is 10.3. The summed E-state index contributed by atoms with van der Waals surface area (Å²) in [5, 5.41) is 24.4. The van der Waals surface area contributed by atoms with Crippen molar-refractivity contribution in [1.29, 1.82) is 5.26 Å². The lowest BCUT2D eigenvalue weighted by Crippen LogP contribution is -2.35. The molecule has 0 aliphatic carbocycles. The molecule has 32 heavy (non-hydrogen) atoms. The van der Waals surface area contributed by atoms with Crippen LogP contribution >= 0.6 is 0 Å². The summed E-state index contributed by atoms with van der Waals surface area (Å²) in [5.41, 5.74) is 2.67. The minimum atomic E-state index is -1.69. The largest absolute Gasteiger partial charge is 0.373 e. The highest BCUT2D eigenvalue weighted by atomic mass is 16.5. The number of rotatable bonds is 4. The van der Waals surface area contributed by atoms with E-state index in [0.717, 1.165) is 23.2 Å². The number of aromatic nitrogens is 4. The molecule has 1 saturated heterocycles. The zero-order valence-electron chi connectivity index (χ0n) is 17.6. The van der Waals surface area contributed by atoms with Crippen LogP contribution < -0.4 is 0 Å². The van der Waals surface area contributed by atoms with Crippen LogP contribution in [0.2, 0.25) is 0 Å². The van der Waals surface area contributed by atoms with Crippen LogP contribution in [0.25, 0.3) is 33.5 Å². The highest BCUT2D eigenvalue weighted by molar-refractivity contribution is 5.88. The quantitative estimate of drug-likeness (QED) is 0.530. The van der Waals surface area contributed by atoms with E-state index in [2.05, 4.69) is 21.2 Å². The summed E-state index contributed by atoms with van der Waals surface area (Å²) >= 11 is 0. The predicted molar refractivity (Wildman–Crippen MR) is 115 cm³/mol. The summed E-state index contributed by atoms with van der Waals surface area (Å²) in [6.07, 6.45) is 1.96. The van der Waals surface area contributed by atoms with Crippen LogP contribution in [0, 0.1) is 11.3 Å². The Kier molecular flexibility index (Phi) is 4.53. The smallest absolute Gasteiger partial charge is 0.262 e. The zero-order valence-corrected chi connectivity index (χ0v) is 17.6. The predicted octanol–water partition coefficient (Wildman–Crippen LogP) is 2.69. The average Bonchev–Trinajstić information content (AvgIpc) is 3.54. The molecule has 9 nitrogen and oxygen atoms in total. The van der Waals surface area contributed by atoms with Crippen LogP contribution in [0.3, 0.4) is 0 Å². The molecule has 1 aromatic carbocycles. The summed E-state index contributed by atoms with van der Waals surface area (Å²) < 4.78 is 7.33. The van der Waals surface area contributed by atoms with Gasteiger partial charge in [-0.25, -0.2) is 9.97 Å². The number of pyridine rings is 1. The van der Waals surface area contributed by atoms with Gasteiger partial charge >= 0.3 is 0 Å². The Hall–Kier alpha value is -4.03. The molecule has 5 rings (SSSR count). The van der Waals surface area contributed by atoms with Gasteiger partial charge in [0.25, 0.3) is 5.91 Å². The first kappa shape index (κ1) is 19.9. The maximum Gasteiger partial charge on any atom is 0.262 e. The van der Waals surface area contributed by atoms with Crippen LogP contribution in [0.5, 0.6) is 0 Å². The number of imidazole rings is 1. The monoisotopic (exact) mass is 428 g/mol. The molecule has 0 unspecified atom stereocenters. The van der Waals surface area contributed by atoms with Crippen molar-refractivity contribution in [2.45, 2.75) is 25.5 Å². The molecule has 1 atom stereocenters. The number of carbonyl (C=O) groups excluding carboxylic acids is 1. The minimum absolute atomic E-state index is 0.130. The van der Waals surface area contributed by atoms with Gasteiger partial charge in [-0.2, -0.15) is 5.26 Å². The van der Waals surface area contributed by atoms with E-state index in [1.54, 1.807) is 19.4 Å². The van der Waals surface area contributed by atoms with Gasteiger partial charge in [0.15, 0.2) is 11.5 Å². The third-order valence-electron chi connectivity index (χ3n) is 5.94. The van der Waals surface area contributed by atoms with Crippen LogP contribution in [-0.4, -0.2) is 49.2 Å². The number of hydrogen-bond donors (Lipinski definition) is 1. The molecule has 1 amide bonds. The van der Waals surface area contributed by atoms with Gasteiger partial charge in [0.1, 0.15) is 17.3 Å². The summed E-state index contributed by atoms with van der Waals surface area (Å²) in [4.78, 5) is 22.6. The van der Waals surface area contributed by atoms with E-state index in [9.17, 15) is 15.2 Å². The maximum absolute atomic E-state index is 12.4. The number of hydrogen-bond acceptors (Lipinski definition) is 7. The molecule has 1 fully saturated rings. The molecule has 0 radical (unpaired) electrons. The lowest BCUT2D eigenvalue weighted by atomic mass is 9.97. The lowest BCUT2D eigenvalue weighted by molar-refractivity contribution is -0.144. The molecule has 160 valence electrons. The summed E-state index contributed by atoms with van der Waals surface area (Å²) in [5.74, 6) is -0.270. The van der Waals surface area contributed by atoms with Crippen LogP contribution in [0.1, 0.15) is 24.8 Å². The summed E-state index contributed by atoms with van der Waals surface area (Å²) in [6.45, 7) is 3.19. The Labute approximate surface area is 183 Å². The molecule has 1 N–H and O–H groups in total. The Bertz CT molecular complexity index is 1400. The number of nitriles is 1. The molecular formula is C23H20N6O3. The van der Waals surface area contributed by atoms with Crippen molar-refractivity contribution >= 4 is 16.9 Å². The number of likely N-dealkylation sites (tertiary alicyclic amines) is 1. The van der Waals surface area contributed by atoms with Crippen molar-refractivity contribution in [2.24, 2.45) is 0 Å². The van der Waals surface area contributed by atoms with E-state index < -0.39 is 11.5 Å². The molecule has 3 aromatic heterocycles. The molecule has 4 heterocycles. The third kappa shape index (κ3) is 2.96. The normalized spacial score (nSPS) is 18.4. The minimum Gasteiger partial charge on any atom is -0.373 e. The molecule has 0 saturated carbocycles. The number of benzene rings is 1. The Morgan fingerprint density at radius 1 is 1.25 bits per heavy atom. The van der Waals surface area contributed by atoms with E-state index in [1.807, 2.05) is 41.8 Å². The SMILES string of the molecule is CCn1cnc2c(C#N)nc(-c3cccc(-c4cc([C@]5(O)CCN(C)C5=O)on4)c3)cc21. The van der Waals surface area contributed by atoms with Gasteiger partial charge in [-0.15, -0.1) is 0 Å². The molecule has 1 aliphatic rings. The van der Waals surface area contributed by atoms with E-state index in [0.29, 0.717) is 23.4 Å². The molecule has 9 heteroatoms. The second kappa shape index (κ2) is 7.28. The molecule has 0 spiro atoms. The fraction of sp³-hybridized carbons (Fsp3) is 0.261. The molecule has 4 aromatic rings. The topological polar surface area (TPSA) is 121 Å². The average molecular weight is 428 g/mol. The van der Waals surface area contributed by atoms with Crippen molar-refractivity contribution < 1.29 is 14.4 Å². The molecule has 0 bridgehead atoms. The number of aliphatic hydroxyl groups is 1. The summed E-state index contributed by atoms with van der Waals surface area (Å²) in [7, 11) is 1.64. The van der Waals surface area contributed by atoms with E-state index in [1.165, 1.54) is 4.90 Å². The zero-order chi connectivity index (χ0) is 22.5. The number of nitrogens with zero attached hydrogens (tertiary/aromatic N) is 6. The Morgan fingerprint density at radius 3 is 2.72 bits per heavy atom. The standard InChI is InChI=1S/C23H20N6O3/c1-3-29-13-25-21-18(12-24)26-16(10-19(21)29)14-5-4-6-15(9-14)17-11-20(32-27-17)23(31)7-8-28(2)22(23)30/h4-6,9-11,13,31H,3,7-8H2,1-2H3/t23-/m1/s1. The Morgan fingerprint density at radius 2 is 2.03 bits per heavy atom. The van der Waals surface area contributed by atoms with E-state index in [4.69, 9.17) is 4.52 Å². The van der Waals surface area contributed by atoms with Gasteiger partial charge in [0.05, 0.1) is 17.5 Å². The highest BCUT2D eigenvalue weighted by Crippen LogP contribution is 2.35. The number of fused-ring (bicyclic) bond motifs is 1. The second-order valence-electron chi connectivity index (χ2n) is 7.86. The van der Waals surface area contributed by atoms with Crippen LogP contribution in [0.15, 0.2) is 47.2 Å². The highest BCUT2D eigenvalue weighted by Gasteiger charge is 2.48. The number of carbonyl (C=O) groups is 1. The molecular weight excluding hydrogens is 408 g/mol. The number of aryl methyl sites for hydroxylation is 1. The summed E-state index contributed by atoms with van der Waals surface area (Å²) in [6, 6.07) is 13.1. The van der Waals surface area contributed by atoms with Crippen LogP contribution in [-0.2, 0) is 16.9 Å². The van der Waals surface area contributed by atoms with Gasteiger partial charge in [-0.05, 0) is 19.1 Å². The second-order valence-corrected chi connectivity index (χ2v) is 7.86. The number of likely N-dealkylation sites (N-methyl/N-ethyl adjacent to an activating group) is 1. The van der Waals surface area contributed by atoms with E-state index >= 15 is 0 Å². The lowest BCUT2D eigenvalue weighted by Gasteiger charge is -2.16. The van der Waals surface area contributed by atoms with Crippen molar-refractivity contribution in [2.75, 3.05) is 13.6 Å². The maximum atomic E-state index is 12.4. The fourth-order valence-corrected chi connectivity index (χ4v) is 4.06. The van der Waals surface area contributed by atoms with Gasteiger partial charge in [-0.1, -0.05) is 23.4 Å². The van der Waals surface area contributed by atoms with Crippen molar-refractivity contribution in [1.82, 2.24) is 24.6 Å². The van der Waals surface area contributed by atoms with Gasteiger partial charge in [-0.3, -0.25) is 4.79 Å². The van der Waals surface area contributed by atoms with Crippen molar-refractivity contribution in [3.63, 3.8) is 0 Å². The van der Waals surface area contributed by atoms with Crippen molar-refractivity contribution in [3.05, 3.63) is 54.2 Å². The van der Waals surface area contributed by atoms with E-state index in [-0.39, 0.29) is 17.9 Å². The first-order chi connectivity index (χ1) is 15.4. The van der Waals surface area contributed by atoms with Gasteiger partial charge < -0.3 is 19.1 Å². The number of amides is 1. The van der Waals surface area contributed by atoms with Crippen molar-refractivity contribution in [3.8, 4) is 28.6 Å². The third-order valence-corrected chi connectivity index (χ3v) is 5.94.